The summed E-state index contributed by atoms with van der Waals surface area (Å²) in [6, 6.07) is 12.0. The molecule has 0 unspecified atom stereocenters. The molecule has 0 saturated heterocycles. The van der Waals surface area contributed by atoms with Crippen molar-refractivity contribution in [3.05, 3.63) is 59.2 Å². The van der Waals surface area contributed by atoms with Crippen molar-refractivity contribution >= 4 is 15.7 Å². The van der Waals surface area contributed by atoms with Crippen molar-refractivity contribution in [3.8, 4) is 5.75 Å². The van der Waals surface area contributed by atoms with E-state index >= 15 is 0 Å². The summed E-state index contributed by atoms with van der Waals surface area (Å²) in [5.41, 5.74) is 3.12. The molecular weight excluding hydrogens is 362 g/mol. The quantitative estimate of drug-likeness (QED) is 0.783. The van der Waals surface area contributed by atoms with Gasteiger partial charge in [0.25, 0.3) is 5.91 Å². The molecule has 5 nitrogen and oxygen atoms in total. The number of rotatable bonds is 7. The molecule has 2 aromatic rings. The molecule has 1 N–H and O–H groups in total. The highest BCUT2D eigenvalue weighted by molar-refractivity contribution is 7.90. The van der Waals surface area contributed by atoms with Crippen LogP contribution in [0.3, 0.4) is 0 Å². The van der Waals surface area contributed by atoms with E-state index in [0.717, 1.165) is 11.1 Å². The second kappa shape index (κ2) is 8.57. The number of carbonyl (C=O) groups excluding carboxylic acids is 1. The number of carbonyl (C=O) groups is 1. The molecule has 0 fully saturated rings. The molecule has 0 aliphatic heterocycles. The van der Waals surface area contributed by atoms with Gasteiger partial charge in [0.05, 0.1) is 10.9 Å². The predicted octanol–water partition coefficient (Wildman–Crippen LogP) is 3.74. The van der Waals surface area contributed by atoms with Crippen LogP contribution in [0.4, 0.5) is 0 Å². The van der Waals surface area contributed by atoms with Crippen LogP contribution in [0.5, 0.6) is 5.75 Å². The Labute approximate surface area is 161 Å². The number of hydrogen-bond donors (Lipinski definition) is 1. The summed E-state index contributed by atoms with van der Waals surface area (Å²) >= 11 is 0. The number of sulfone groups is 1. The molecule has 6 heteroatoms. The van der Waals surface area contributed by atoms with Crippen LogP contribution in [-0.4, -0.2) is 26.7 Å². The van der Waals surface area contributed by atoms with Crippen molar-refractivity contribution in [3.63, 3.8) is 0 Å². The van der Waals surface area contributed by atoms with Crippen LogP contribution in [-0.2, 0) is 14.6 Å². The number of hydrogen-bond acceptors (Lipinski definition) is 4. The second-order valence-electron chi connectivity index (χ2n) is 6.83. The van der Waals surface area contributed by atoms with E-state index in [1.807, 2.05) is 45.9 Å². The number of aryl methyl sites for hydroxylation is 2. The van der Waals surface area contributed by atoms with Gasteiger partial charge in [0.1, 0.15) is 5.75 Å². The Morgan fingerprint density at radius 2 is 1.70 bits per heavy atom. The van der Waals surface area contributed by atoms with Crippen LogP contribution < -0.4 is 10.1 Å². The van der Waals surface area contributed by atoms with Crippen molar-refractivity contribution in [2.24, 2.45) is 0 Å². The normalized spacial score (nSPS) is 13.7. The minimum atomic E-state index is -3.23. The fourth-order valence-corrected chi connectivity index (χ4v) is 3.30. The summed E-state index contributed by atoms with van der Waals surface area (Å²) in [6.07, 6.45) is 1.12. The molecule has 0 radical (unpaired) electrons. The third kappa shape index (κ3) is 5.57. The second-order valence-corrected chi connectivity index (χ2v) is 8.85. The summed E-state index contributed by atoms with van der Waals surface area (Å²) in [6.45, 7) is 7.79. The summed E-state index contributed by atoms with van der Waals surface area (Å²) in [5, 5.41) is 2.94. The van der Waals surface area contributed by atoms with Crippen LogP contribution in [0.1, 0.15) is 43.0 Å². The predicted molar refractivity (Wildman–Crippen MR) is 107 cm³/mol. The monoisotopic (exact) mass is 389 g/mol. The first-order valence-electron chi connectivity index (χ1n) is 8.96. The third-order valence-electron chi connectivity index (χ3n) is 4.59. The Morgan fingerprint density at radius 3 is 2.22 bits per heavy atom. The van der Waals surface area contributed by atoms with E-state index in [-0.39, 0.29) is 16.8 Å². The Bertz CT molecular complexity index is 904. The Kier molecular flexibility index (Phi) is 6.65. The zero-order valence-corrected chi connectivity index (χ0v) is 17.3. The SMILES string of the molecule is CC[C@@H](Oc1ccc(C)c(C)c1)C(=O)N[C@H](C)c1ccc(S(C)(=O)=O)cc1. The molecule has 1 amide bonds. The van der Waals surface area contributed by atoms with Crippen molar-refractivity contribution in [2.45, 2.75) is 51.2 Å². The van der Waals surface area contributed by atoms with Crippen LogP contribution >= 0.6 is 0 Å². The van der Waals surface area contributed by atoms with Gasteiger partial charge in [-0.1, -0.05) is 25.1 Å². The number of ether oxygens (including phenoxy) is 1. The highest BCUT2D eigenvalue weighted by atomic mass is 32.2. The fourth-order valence-electron chi connectivity index (χ4n) is 2.67. The van der Waals surface area contributed by atoms with Crippen LogP contribution in [0.2, 0.25) is 0 Å². The van der Waals surface area contributed by atoms with Crippen LogP contribution in [0.25, 0.3) is 0 Å². The molecule has 0 aliphatic rings. The molecule has 27 heavy (non-hydrogen) atoms. The van der Waals surface area contributed by atoms with Crippen molar-refractivity contribution in [1.29, 1.82) is 0 Å². The van der Waals surface area contributed by atoms with E-state index in [2.05, 4.69) is 5.32 Å². The lowest BCUT2D eigenvalue weighted by Crippen LogP contribution is -2.39. The summed E-state index contributed by atoms with van der Waals surface area (Å²) in [4.78, 5) is 12.9. The average molecular weight is 390 g/mol. The molecule has 0 spiro atoms. The van der Waals surface area contributed by atoms with E-state index in [0.29, 0.717) is 12.2 Å². The Hall–Kier alpha value is -2.34. The van der Waals surface area contributed by atoms with Crippen molar-refractivity contribution in [1.82, 2.24) is 5.32 Å². The molecule has 0 saturated carbocycles. The average Bonchev–Trinajstić information content (AvgIpc) is 2.61. The zero-order chi connectivity index (χ0) is 20.2. The van der Waals surface area contributed by atoms with Crippen LogP contribution in [0.15, 0.2) is 47.4 Å². The van der Waals surface area contributed by atoms with Gasteiger partial charge in [-0.3, -0.25) is 4.79 Å². The summed E-state index contributed by atoms with van der Waals surface area (Å²) in [7, 11) is -3.23. The van der Waals surface area contributed by atoms with Crippen molar-refractivity contribution in [2.75, 3.05) is 6.26 Å². The van der Waals surface area contributed by atoms with Gasteiger partial charge in [-0.05, 0) is 68.1 Å². The van der Waals surface area contributed by atoms with Gasteiger partial charge in [0.15, 0.2) is 15.9 Å². The maximum Gasteiger partial charge on any atom is 0.261 e. The molecule has 0 aliphatic carbocycles. The largest absolute Gasteiger partial charge is 0.481 e. The van der Waals surface area contributed by atoms with Gasteiger partial charge >= 0.3 is 0 Å². The van der Waals surface area contributed by atoms with Gasteiger partial charge < -0.3 is 10.1 Å². The third-order valence-corrected chi connectivity index (χ3v) is 5.72. The molecule has 0 aromatic heterocycles. The molecule has 146 valence electrons. The van der Waals surface area contributed by atoms with Gasteiger partial charge in [-0.2, -0.15) is 0 Å². The lowest BCUT2D eigenvalue weighted by atomic mass is 10.1. The topological polar surface area (TPSA) is 72.5 Å². The minimum absolute atomic E-state index is 0.199. The van der Waals surface area contributed by atoms with Crippen molar-refractivity contribution < 1.29 is 17.9 Å². The first-order valence-corrected chi connectivity index (χ1v) is 10.8. The van der Waals surface area contributed by atoms with Crippen LogP contribution in [0, 0.1) is 13.8 Å². The first-order chi connectivity index (χ1) is 12.6. The number of benzene rings is 2. The van der Waals surface area contributed by atoms with Gasteiger partial charge in [0.2, 0.25) is 0 Å². The molecule has 2 rings (SSSR count). The zero-order valence-electron chi connectivity index (χ0n) is 16.4. The standard InChI is InChI=1S/C21H27NO4S/c1-6-20(26-18-10-7-14(2)15(3)13-18)21(23)22-16(4)17-8-11-19(12-9-17)27(5,24)25/h7-13,16,20H,6H2,1-5H3,(H,22,23)/t16-,20-/m1/s1. The lowest BCUT2D eigenvalue weighted by Gasteiger charge is -2.21. The highest BCUT2D eigenvalue weighted by Crippen LogP contribution is 2.20. The van der Waals surface area contributed by atoms with E-state index in [9.17, 15) is 13.2 Å². The highest BCUT2D eigenvalue weighted by Gasteiger charge is 2.21. The van der Waals surface area contributed by atoms with Gasteiger partial charge in [-0.25, -0.2) is 8.42 Å². The summed E-state index contributed by atoms with van der Waals surface area (Å²) in [5.74, 6) is 0.473. The van der Waals surface area contributed by atoms with E-state index in [1.54, 1.807) is 24.3 Å². The smallest absolute Gasteiger partial charge is 0.261 e. The first kappa shape index (κ1) is 21.0. The lowest BCUT2D eigenvalue weighted by molar-refractivity contribution is -0.128. The number of amides is 1. The van der Waals surface area contributed by atoms with E-state index in [4.69, 9.17) is 4.74 Å². The molecule has 0 heterocycles. The maximum absolute atomic E-state index is 12.6. The maximum atomic E-state index is 12.6. The fraction of sp³-hybridized carbons (Fsp3) is 0.381. The minimum Gasteiger partial charge on any atom is -0.481 e. The number of nitrogens with one attached hydrogen (secondary N) is 1. The molecule has 2 aromatic carbocycles. The van der Waals surface area contributed by atoms with Gasteiger partial charge in [0, 0.05) is 6.26 Å². The molecular formula is C21H27NO4S. The molecule has 0 bridgehead atoms. The van der Waals surface area contributed by atoms with E-state index < -0.39 is 15.9 Å². The Morgan fingerprint density at radius 1 is 1.07 bits per heavy atom. The summed E-state index contributed by atoms with van der Waals surface area (Å²) < 4.78 is 29.0. The Balaban J connectivity index is 2.05. The van der Waals surface area contributed by atoms with Gasteiger partial charge in [-0.15, -0.1) is 0 Å². The van der Waals surface area contributed by atoms with E-state index in [1.165, 1.54) is 11.8 Å². The molecule has 2 atom stereocenters.